The summed E-state index contributed by atoms with van der Waals surface area (Å²) in [6.07, 6.45) is 2.81. The Labute approximate surface area is 99.2 Å². The maximum atomic E-state index is 10.8. The average molecular weight is 237 g/mol. The molecule has 1 aromatic heterocycles. The van der Waals surface area contributed by atoms with Crippen LogP contribution in [-0.4, -0.2) is 53.0 Å². The molecule has 7 nitrogen and oxygen atoms in total. The topological polar surface area (TPSA) is 74.5 Å². The number of rotatable bonds is 3. The van der Waals surface area contributed by atoms with Gasteiger partial charge in [0.15, 0.2) is 0 Å². The summed E-state index contributed by atoms with van der Waals surface area (Å²) in [5, 5.41) is 12.8. The van der Waals surface area contributed by atoms with E-state index < -0.39 is 4.92 Å². The number of hydrazine groups is 1. The van der Waals surface area contributed by atoms with Gasteiger partial charge in [0.25, 0.3) is 0 Å². The Morgan fingerprint density at radius 2 is 2.12 bits per heavy atom. The lowest BCUT2D eigenvalue weighted by atomic mass is 10.3. The Balaban J connectivity index is 2.05. The lowest BCUT2D eigenvalue weighted by molar-refractivity contribution is -0.384. The van der Waals surface area contributed by atoms with Crippen molar-refractivity contribution in [3.63, 3.8) is 0 Å². The number of likely N-dealkylation sites (N-methyl/N-ethyl adjacent to an activating group) is 1. The van der Waals surface area contributed by atoms with Crippen molar-refractivity contribution in [3.8, 4) is 0 Å². The first kappa shape index (κ1) is 11.7. The second kappa shape index (κ2) is 5.07. The lowest BCUT2D eigenvalue weighted by Crippen LogP contribution is -2.47. The molecule has 0 radical (unpaired) electrons. The Bertz CT molecular complexity index is 403. The van der Waals surface area contributed by atoms with Crippen LogP contribution in [0.15, 0.2) is 18.5 Å². The van der Waals surface area contributed by atoms with Gasteiger partial charge < -0.3 is 10.3 Å². The summed E-state index contributed by atoms with van der Waals surface area (Å²) in [6.45, 7) is 3.59. The number of hydrogen-bond acceptors (Lipinski definition) is 6. The van der Waals surface area contributed by atoms with Crippen molar-refractivity contribution in [3.05, 3.63) is 28.6 Å². The Morgan fingerprint density at radius 3 is 2.76 bits per heavy atom. The molecule has 0 amide bonds. The molecular weight excluding hydrogens is 222 g/mol. The van der Waals surface area contributed by atoms with Crippen LogP contribution in [0.1, 0.15) is 0 Å². The molecule has 2 heterocycles. The highest BCUT2D eigenvalue weighted by Crippen LogP contribution is 2.22. The van der Waals surface area contributed by atoms with Gasteiger partial charge in [-0.25, -0.2) is 5.01 Å². The van der Waals surface area contributed by atoms with Crippen molar-refractivity contribution in [2.75, 3.05) is 38.7 Å². The van der Waals surface area contributed by atoms with E-state index >= 15 is 0 Å². The molecule has 1 saturated heterocycles. The summed E-state index contributed by atoms with van der Waals surface area (Å²) in [6, 6.07) is 1.62. The third-order valence-electron chi connectivity index (χ3n) is 2.78. The molecular formula is C10H15N5O2. The van der Waals surface area contributed by atoms with Gasteiger partial charge in [-0.3, -0.25) is 15.1 Å². The van der Waals surface area contributed by atoms with Gasteiger partial charge in [0, 0.05) is 32.4 Å². The number of aromatic nitrogens is 1. The molecule has 0 aromatic carbocycles. The molecule has 1 aliphatic rings. The molecule has 0 atom stereocenters. The molecule has 17 heavy (non-hydrogen) atoms. The van der Waals surface area contributed by atoms with Crippen LogP contribution in [0.4, 0.5) is 11.4 Å². The minimum absolute atomic E-state index is 0.00595. The minimum atomic E-state index is -0.425. The zero-order valence-electron chi connectivity index (χ0n) is 9.67. The van der Waals surface area contributed by atoms with Crippen LogP contribution in [0, 0.1) is 10.1 Å². The SMILES string of the molecule is CN1CCN(Nc2ccncc2[N+](=O)[O-])CC1. The molecule has 0 saturated carbocycles. The second-order valence-electron chi connectivity index (χ2n) is 4.05. The average Bonchev–Trinajstić information content (AvgIpc) is 2.32. The van der Waals surface area contributed by atoms with Crippen LogP contribution in [0.3, 0.4) is 0 Å². The Hall–Kier alpha value is -1.73. The van der Waals surface area contributed by atoms with Crippen molar-refractivity contribution in [1.82, 2.24) is 14.9 Å². The summed E-state index contributed by atoms with van der Waals surface area (Å²) in [5.41, 5.74) is 3.58. The molecule has 7 heteroatoms. The number of nitro groups is 1. The van der Waals surface area contributed by atoms with Crippen LogP contribution in [-0.2, 0) is 0 Å². The fourth-order valence-corrected chi connectivity index (χ4v) is 1.71. The normalized spacial score (nSPS) is 17.9. The first-order valence-electron chi connectivity index (χ1n) is 5.45. The van der Waals surface area contributed by atoms with Gasteiger partial charge in [-0.15, -0.1) is 0 Å². The number of hydrogen-bond donors (Lipinski definition) is 1. The van der Waals surface area contributed by atoms with E-state index in [0.29, 0.717) is 5.69 Å². The molecule has 1 aromatic rings. The molecule has 1 aliphatic heterocycles. The molecule has 2 rings (SSSR count). The third-order valence-corrected chi connectivity index (χ3v) is 2.78. The summed E-state index contributed by atoms with van der Waals surface area (Å²) in [5.74, 6) is 0. The maximum Gasteiger partial charge on any atom is 0.311 e. The van der Waals surface area contributed by atoms with Gasteiger partial charge in [-0.2, -0.15) is 0 Å². The first-order valence-corrected chi connectivity index (χ1v) is 5.45. The lowest BCUT2D eigenvalue weighted by Gasteiger charge is -2.32. The molecule has 0 bridgehead atoms. The highest BCUT2D eigenvalue weighted by molar-refractivity contribution is 5.58. The van der Waals surface area contributed by atoms with E-state index in [4.69, 9.17) is 0 Å². The van der Waals surface area contributed by atoms with Crippen LogP contribution < -0.4 is 5.43 Å². The van der Waals surface area contributed by atoms with Crippen LogP contribution in [0.2, 0.25) is 0 Å². The van der Waals surface area contributed by atoms with Gasteiger partial charge in [-0.1, -0.05) is 0 Å². The van der Waals surface area contributed by atoms with E-state index in [0.717, 1.165) is 26.2 Å². The smallest absolute Gasteiger partial charge is 0.311 e. The van der Waals surface area contributed by atoms with Crippen molar-refractivity contribution >= 4 is 11.4 Å². The first-order chi connectivity index (χ1) is 8.16. The zero-order valence-corrected chi connectivity index (χ0v) is 9.67. The number of nitrogens with zero attached hydrogens (tertiary/aromatic N) is 4. The molecule has 1 N–H and O–H groups in total. The molecule has 1 fully saturated rings. The number of nitrogens with one attached hydrogen (secondary N) is 1. The highest BCUT2D eigenvalue weighted by Gasteiger charge is 2.18. The Morgan fingerprint density at radius 1 is 1.41 bits per heavy atom. The molecule has 0 aliphatic carbocycles. The maximum absolute atomic E-state index is 10.8. The predicted octanol–water partition coefficient (Wildman–Crippen LogP) is 0.564. The van der Waals surface area contributed by atoms with Gasteiger partial charge in [0.05, 0.1) is 4.92 Å². The van der Waals surface area contributed by atoms with Gasteiger partial charge in [0.1, 0.15) is 11.9 Å². The van der Waals surface area contributed by atoms with E-state index in [2.05, 4.69) is 22.4 Å². The number of anilines is 1. The predicted molar refractivity (Wildman–Crippen MR) is 63.6 cm³/mol. The van der Waals surface area contributed by atoms with Gasteiger partial charge in [-0.05, 0) is 13.1 Å². The van der Waals surface area contributed by atoms with Gasteiger partial charge >= 0.3 is 5.69 Å². The summed E-state index contributed by atoms with van der Waals surface area (Å²) in [4.78, 5) is 16.4. The monoisotopic (exact) mass is 237 g/mol. The van der Waals surface area contributed by atoms with E-state index in [1.807, 2.05) is 5.01 Å². The van der Waals surface area contributed by atoms with E-state index in [1.54, 1.807) is 12.3 Å². The largest absolute Gasteiger partial charge is 0.313 e. The minimum Gasteiger partial charge on any atom is -0.313 e. The summed E-state index contributed by atoms with van der Waals surface area (Å²) >= 11 is 0. The second-order valence-corrected chi connectivity index (χ2v) is 4.05. The fraction of sp³-hybridized carbons (Fsp3) is 0.500. The molecule has 0 unspecified atom stereocenters. The number of piperazine rings is 1. The summed E-state index contributed by atoms with van der Waals surface area (Å²) < 4.78 is 0. The van der Waals surface area contributed by atoms with E-state index in [-0.39, 0.29) is 5.69 Å². The number of pyridine rings is 1. The third kappa shape index (κ3) is 2.89. The fourth-order valence-electron chi connectivity index (χ4n) is 1.71. The van der Waals surface area contributed by atoms with Crippen molar-refractivity contribution in [2.45, 2.75) is 0 Å². The quantitative estimate of drug-likeness (QED) is 0.611. The van der Waals surface area contributed by atoms with Crippen molar-refractivity contribution < 1.29 is 4.92 Å². The standard InChI is InChI=1S/C10H15N5O2/c1-13-4-6-14(7-5-13)12-9-2-3-11-8-10(9)15(16)17/h2-3,8H,4-7H2,1H3,(H,11,12). The van der Waals surface area contributed by atoms with Crippen LogP contribution in [0.5, 0.6) is 0 Å². The Kier molecular flexibility index (Phi) is 3.50. The van der Waals surface area contributed by atoms with E-state index in [9.17, 15) is 10.1 Å². The zero-order chi connectivity index (χ0) is 12.3. The van der Waals surface area contributed by atoms with Gasteiger partial charge in [0.2, 0.25) is 0 Å². The van der Waals surface area contributed by atoms with E-state index in [1.165, 1.54) is 6.20 Å². The van der Waals surface area contributed by atoms with Crippen molar-refractivity contribution in [2.24, 2.45) is 0 Å². The molecule has 92 valence electrons. The summed E-state index contributed by atoms with van der Waals surface area (Å²) in [7, 11) is 2.06. The van der Waals surface area contributed by atoms with Crippen LogP contribution in [0.25, 0.3) is 0 Å². The highest BCUT2D eigenvalue weighted by atomic mass is 16.6. The molecule has 0 spiro atoms. The van der Waals surface area contributed by atoms with Crippen LogP contribution >= 0.6 is 0 Å². The van der Waals surface area contributed by atoms with Crippen molar-refractivity contribution in [1.29, 1.82) is 0 Å².